The summed E-state index contributed by atoms with van der Waals surface area (Å²) in [6, 6.07) is 0. The molecular formula is C17H18F3N5O3. The Kier molecular flexibility index (Phi) is 6.58. The molecule has 0 fully saturated rings. The molecule has 0 aromatic carbocycles. The first kappa shape index (κ1) is 21.2. The van der Waals surface area contributed by atoms with Gasteiger partial charge in [0.05, 0.1) is 12.7 Å². The molecule has 28 heavy (non-hydrogen) atoms. The average Bonchev–Trinajstić information content (AvgIpc) is 3.02. The van der Waals surface area contributed by atoms with Gasteiger partial charge in [-0.25, -0.2) is 14.5 Å². The van der Waals surface area contributed by atoms with E-state index in [4.69, 9.17) is 9.90 Å². The van der Waals surface area contributed by atoms with Crippen LogP contribution in [0.3, 0.4) is 0 Å². The maximum Gasteiger partial charge on any atom is 0.490 e. The van der Waals surface area contributed by atoms with E-state index in [0.29, 0.717) is 17.6 Å². The van der Waals surface area contributed by atoms with Crippen LogP contribution in [0.15, 0.2) is 17.1 Å². The second kappa shape index (κ2) is 8.71. The lowest BCUT2D eigenvalue weighted by atomic mass is 10.1. The molecule has 2 aromatic heterocycles. The summed E-state index contributed by atoms with van der Waals surface area (Å²) in [6.45, 7) is 4.01. The number of carbonyl (C=O) groups is 1. The number of carboxylic acids is 1. The van der Waals surface area contributed by atoms with Gasteiger partial charge in [0, 0.05) is 13.6 Å². The van der Waals surface area contributed by atoms with Crippen molar-refractivity contribution in [3.05, 3.63) is 28.5 Å². The average molecular weight is 397 g/mol. The lowest BCUT2D eigenvalue weighted by Gasteiger charge is -2.14. The van der Waals surface area contributed by atoms with E-state index in [0.717, 1.165) is 30.9 Å². The van der Waals surface area contributed by atoms with E-state index < -0.39 is 12.1 Å². The van der Waals surface area contributed by atoms with E-state index in [-0.39, 0.29) is 5.56 Å². The van der Waals surface area contributed by atoms with Gasteiger partial charge in [0.15, 0.2) is 0 Å². The number of hydrogen-bond donors (Lipinski definition) is 2. The third-order valence-electron chi connectivity index (χ3n) is 3.85. The van der Waals surface area contributed by atoms with Crippen LogP contribution in [0.25, 0.3) is 16.6 Å². The highest BCUT2D eigenvalue weighted by Gasteiger charge is 2.38. The summed E-state index contributed by atoms with van der Waals surface area (Å²) in [7, 11) is 1.65. The zero-order valence-corrected chi connectivity index (χ0v) is 15.2. The number of imidazole rings is 1. The Bertz CT molecular complexity index is 1020. The maximum atomic E-state index is 12.4. The zero-order valence-electron chi connectivity index (χ0n) is 15.2. The van der Waals surface area contributed by atoms with Crippen LogP contribution < -0.4 is 10.9 Å². The number of halogens is 3. The molecule has 3 heterocycles. The SMILES string of the molecule is CC#CCn1c(C2=CCNCC2)nc2cnn(C)c(=O)c21.O=C(O)C(F)(F)F. The van der Waals surface area contributed by atoms with Gasteiger partial charge in [-0.15, -0.1) is 5.92 Å². The standard InChI is InChI=1S/C15H17N5O.C2HF3O2/c1-3-4-9-20-13-12(10-17-19(2)15(13)21)18-14(20)11-5-7-16-8-6-11;3-2(4,5)1(6)7/h5,10,16H,6-9H2,1-2H3;(H,6,7). The number of fused-ring (bicyclic) bond motifs is 1. The Morgan fingerprint density at radius 2 is 2.11 bits per heavy atom. The van der Waals surface area contributed by atoms with Gasteiger partial charge in [0.2, 0.25) is 0 Å². The van der Waals surface area contributed by atoms with E-state index in [1.165, 1.54) is 4.68 Å². The molecule has 0 saturated heterocycles. The van der Waals surface area contributed by atoms with Gasteiger partial charge in [-0.1, -0.05) is 12.0 Å². The van der Waals surface area contributed by atoms with Crippen LogP contribution in [0.4, 0.5) is 13.2 Å². The summed E-state index contributed by atoms with van der Waals surface area (Å²) < 4.78 is 35.0. The van der Waals surface area contributed by atoms with Crippen molar-refractivity contribution in [1.82, 2.24) is 24.6 Å². The second-order valence-electron chi connectivity index (χ2n) is 5.74. The molecule has 11 heteroatoms. The van der Waals surface area contributed by atoms with Crippen molar-refractivity contribution in [2.75, 3.05) is 13.1 Å². The van der Waals surface area contributed by atoms with Crippen LogP contribution in [0.1, 0.15) is 19.2 Å². The van der Waals surface area contributed by atoms with Gasteiger partial charge in [-0.3, -0.25) is 4.79 Å². The van der Waals surface area contributed by atoms with E-state index in [9.17, 15) is 18.0 Å². The molecule has 1 aliphatic rings. The number of hydrogen-bond acceptors (Lipinski definition) is 5. The summed E-state index contributed by atoms with van der Waals surface area (Å²) in [5.41, 5.74) is 2.22. The molecule has 3 rings (SSSR count). The van der Waals surface area contributed by atoms with Crippen LogP contribution in [-0.4, -0.2) is 49.7 Å². The quantitative estimate of drug-likeness (QED) is 0.738. The summed E-state index contributed by atoms with van der Waals surface area (Å²) >= 11 is 0. The maximum absolute atomic E-state index is 12.4. The minimum Gasteiger partial charge on any atom is -0.475 e. The zero-order chi connectivity index (χ0) is 20.9. The highest BCUT2D eigenvalue weighted by atomic mass is 19.4. The van der Waals surface area contributed by atoms with Gasteiger partial charge in [0.25, 0.3) is 5.56 Å². The summed E-state index contributed by atoms with van der Waals surface area (Å²) in [6.07, 6.45) is -0.424. The molecule has 0 bridgehead atoms. The number of carboxylic acid groups (broad SMARTS) is 1. The van der Waals surface area contributed by atoms with E-state index >= 15 is 0 Å². The van der Waals surface area contributed by atoms with E-state index in [2.05, 4.69) is 33.3 Å². The van der Waals surface area contributed by atoms with Gasteiger partial charge >= 0.3 is 12.1 Å². The molecule has 0 unspecified atom stereocenters. The smallest absolute Gasteiger partial charge is 0.475 e. The number of nitrogens with zero attached hydrogens (tertiary/aromatic N) is 4. The Morgan fingerprint density at radius 3 is 2.64 bits per heavy atom. The predicted molar refractivity (Wildman–Crippen MR) is 95.4 cm³/mol. The first-order chi connectivity index (χ1) is 13.2. The van der Waals surface area contributed by atoms with Gasteiger partial charge < -0.3 is 15.0 Å². The molecular weight excluding hydrogens is 379 g/mol. The number of aromatic nitrogens is 4. The van der Waals surface area contributed by atoms with Crippen LogP contribution in [0, 0.1) is 11.8 Å². The minimum absolute atomic E-state index is 0.140. The molecule has 2 aromatic rings. The molecule has 0 amide bonds. The third-order valence-corrected chi connectivity index (χ3v) is 3.85. The van der Waals surface area contributed by atoms with Crippen LogP contribution >= 0.6 is 0 Å². The van der Waals surface area contributed by atoms with E-state index in [1.807, 2.05) is 4.57 Å². The molecule has 0 aliphatic carbocycles. The molecule has 0 radical (unpaired) electrons. The largest absolute Gasteiger partial charge is 0.490 e. The lowest BCUT2D eigenvalue weighted by Crippen LogP contribution is -2.23. The van der Waals surface area contributed by atoms with Gasteiger partial charge in [-0.05, 0) is 25.5 Å². The van der Waals surface area contributed by atoms with Crippen molar-refractivity contribution in [3.8, 4) is 11.8 Å². The van der Waals surface area contributed by atoms with Crippen molar-refractivity contribution in [2.24, 2.45) is 7.05 Å². The molecule has 0 atom stereocenters. The Balaban J connectivity index is 0.000000345. The van der Waals surface area contributed by atoms with Crippen LogP contribution in [0.5, 0.6) is 0 Å². The summed E-state index contributed by atoms with van der Waals surface area (Å²) in [5.74, 6) is 3.99. The molecule has 2 N–H and O–H groups in total. The van der Waals surface area contributed by atoms with Crippen molar-refractivity contribution in [3.63, 3.8) is 0 Å². The summed E-state index contributed by atoms with van der Waals surface area (Å²) in [4.78, 5) is 25.9. The third kappa shape index (κ3) is 4.77. The topological polar surface area (TPSA) is 102 Å². The molecule has 0 spiro atoms. The van der Waals surface area contributed by atoms with Crippen molar-refractivity contribution in [1.29, 1.82) is 0 Å². The number of aryl methyl sites for hydroxylation is 1. The number of alkyl halides is 3. The van der Waals surface area contributed by atoms with Gasteiger partial charge in [-0.2, -0.15) is 18.3 Å². The highest BCUT2D eigenvalue weighted by molar-refractivity contribution is 5.78. The summed E-state index contributed by atoms with van der Waals surface area (Å²) in [5, 5.41) is 14.5. The molecule has 8 nitrogen and oxygen atoms in total. The second-order valence-corrected chi connectivity index (χ2v) is 5.74. The number of nitrogens with one attached hydrogen (secondary N) is 1. The first-order valence-electron chi connectivity index (χ1n) is 8.19. The van der Waals surface area contributed by atoms with Crippen molar-refractivity contribution >= 4 is 22.6 Å². The molecule has 150 valence electrons. The van der Waals surface area contributed by atoms with Crippen LogP contribution in [0.2, 0.25) is 0 Å². The fourth-order valence-electron chi connectivity index (χ4n) is 2.52. The van der Waals surface area contributed by atoms with Crippen molar-refractivity contribution in [2.45, 2.75) is 26.1 Å². The molecule has 1 aliphatic heterocycles. The predicted octanol–water partition coefficient (Wildman–Crippen LogP) is 1.16. The fraction of sp³-hybridized carbons (Fsp3) is 0.412. The monoisotopic (exact) mass is 397 g/mol. The number of aliphatic carboxylic acids is 1. The van der Waals surface area contributed by atoms with Crippen LogP contribution in [-0.2, 0) is 18.4 Å². The Labute approximate surface area is 157 Å². The van der Waals surface area contributed by atoms with Gasteiger partial charge in [0.1, 0.15) is 16.9 Å². The normalized spacial score (nSPS) is 13.8. The highest BCUT2D eigenvalue weighted by Crippen LogP contribution is 2.22. The number of rotatable bonds is 2. The van der Waals surface area contributed by atoms with E-state index in [1.54, 1.807) is 20.2 Å². The minimum atomic E-state index is -5.08. The fourth-order valence-corrected chi connectivity index (χ4v) is 2.52. The molecule has 0 saturated carbocycles. The lowest BCUT2D eigenvalue weighted by molar-refractivity contribution is -0.192. The van der Waals surface area contributed by atoms with Crippen molar-refractivity contribution < 1.29 is 23.1 Å². The Hall–Kier alpha value is -3.13. The Morgan fingerprint density at radius 1 is 1.43 bits per heavy atom. The first-order valence-corrected chi connectivity index (χ1v) is 8.19.